The van der Waals surface area contributed by atoms with Gasteiger partial charge in [-0.2, -0.15) is 0 Å². The van der Waals surface area contributed by atoms with E-state index in [9.17, 15) is 60.3 Å². The van der Waals surface area contributed by atoms with Crippen molar-refractivity contribution in [3.63, 3.8) is 0 Å². The molecule has 0 radical (unpaired) electrons. The van der Waals surface area contributed by atoms with Gasteiger partial charge in [0.2, 0.25) is 0 Å². The molecule has 0 saturated heterocycles. The minimum absolute atomic E-state index is 0.575. The molecule has 9 N–H and O–H groups in total. The summed E-state index contributed by atoms with van der Waals surface area (Å²) in [5, 5.41) is 85.8. The first kappa shape index (κ1) is 26.7. The zero-order valence-corrected chi connectivity index (χ0v) is 20.4. The van der Waals surface area contributed by atoms with Crippen LogP contribution in [-0.2, 0) is 9.05 Å². The monoisotopic (exact) mass is 628 g/mol. The Hall–Kier alpha value is -4.91. The second-order valence-electron chi connectivity index (χ2n) is 6.95. The summed E-state index contributed by atoms with van der Waals surface area (Å²) in [7, 11) is 0. The summed E-state index contributed by atoms with van der Waals surface area (Å²) in [4.78, 5) is 37.6. The van der Waals surface area contributed by atoms with Crippen molar-refractivity contribution in [1.82, 2.24) is 0 Å². The van der Waals surface area contributed by atoms with E-state index in [4.69, 9.17) is 9.05 Å². The topological polar surface area (TPSA) is 261 Å². The molecule has 3 aromatic carbocycles. The van der Waals surface area contributed by atoms with Crippen molar-refractivity contribution < 1.29 is 69.4 Å². The third kappa shape index (κ3) is 5.84. The van der Waals surface area contributed by atoms with Crippen LogP contribution in [0.2, 0.25) is 0 Å². The first-order valence-electron chi connectivity index (χ1n) is 9.50. The van der Waals surface area contributed by atoms with Crippen LogP contribution in [0.15, 0.2) is 36.4 Å². The average Bonchev–Trinajstić information content (AvgIpc) is 2.83. The van der Waals surface area contributed by atoms with Gasteiger partial charge >= 0.3 is 214 Å². The van der Waals surface area contributed by atoms with E-state index >= 15 is 0 Å². The normalized spacial score (nSPS) is 10.6. The summed E-state index contributed by atoms with van der Waals surface area (Å²) in [6.07, 6.45) is 0. The minimum atomic E-state index is -4.82. The second kappa shape index (κ2) is 10.4. The quantitative estimate of drug-likeness (QED) is 0.136. The van der Waals surface area contributed by atoms with Gasteiger partial charge in [0.25, 0.3) is 0 Å². The molecule has 0 saturated carbocycles. The third-order valence-electron chi connectivity index (χ3n) is 4.39. The van der Waals surface area contributed by atoms with E-state index < -0.39 is 108 Å². The first-order chi connectivity index (χ1) is 17.3. The molecule has 0 aliphatic heterocycles. The number of aromatic hydroxyl groups is 9. The number of rotatable bonds is 6. The van der Waals surface area contributed by atoms with Gasteiger partial charge in [-0.1, -0.05) is 0 Å². The number of phenolic OH excluding ortho intramolecular Hbond substituents is 9. The standard InChI is InChI=1S/3C7H6O5.Sb/c3*8-4-1-3(7(11)12)2-5(9)6(4)10;/h3*1-2,8-10H,(H,11,12);/q;;;+3/p-3. The predicted octanol–water partition coefficient (Wildman–Crippen LogP) is 0.893. The van der Waals surface area contributed by atoms with E-state index in [2.05, 4.69) is 0 Å². The van der Waals surface area contributed by atoms with E-state index in [0.717, 1.165) is 0 Å². The van der Waals surface area contributed by atoms with Gasteiger partial charge in [-0.15, -0.1) is 0 Å². The summed E-state index contributed by atoms with van der Waals surface area (Å²) in [5.41, 5.74) is -1.72. The van der Waals surface area contributed by atoms with Gasteiger partial charge in [0.05, 0.1) is 0 Å². The SMILES string of the molecule is O=C([O][Sb]([O]C(=O)c1cc(O)c(O)c(O)c1)[O]C(=O)c1cc(O)c(O)c(O)c1)c1cc(O)c(O)c(O)c1. The van der Waals surface area contributed by atoms with Crippen LogP contribution in [0.3, 0.4) is 0 Å². The molecular formula is C21H15O15Sb. The molecule has 3 aromatic rings. The first-order valence-corrected chi connectivity index (χ1v) is 12.6. The summed E-state index contributed by atoms with van der Waals surface area (Å²) in [6.45, 7) is 0. The van der Waals surface area contributed by atoms with E-state index in [0.29, 0.717) is 36.4 Å². The van der Waals surface area contributed by atoms with E-state index in [1.807, 2.05) is 0 Å². The number of hydrogen-bond donors (Lipinski definition) is 9. The van der Waals surface area contributed by atoms with Gasteiger partial charge < -0.3 is 0 Å². The molecule has 0 spiro atoms. The summed E-state index contributed by atoms with van der Waals surface area (Å²) in [5.74, 6) is -12.6. The molecule has 0 unspecified atom stereocenters. The Morgan fingerprint density at radius 2 is 0.622 bits per heavy atom. The molecule has 0 amide bonds. The van der Waals surface area contributed by atoms with Crippen molar-refractivity contribution in [2.45, 2.75) is 0 Å². The number of hydrogen-bond acceptors (Lipinski definition) is 15. The average molecular weight is 629 g/mol. The van der Waals surface area contributed by atoms with E-state index in [1.54, 1.807) is 0 Å². The Morgan fingerprint density at radius 1 is 0.432 bits per heavy atom. The van der Waals surface area contributed by atoms with Gasteiger partial charge in [0.1, 0.15) is 0 Å². The van der Waals surface area contributed by atoms with Gasteiger partial charge in [-0.05, 0) is 0 Å². The number of carbonyl (C=O) groups is 3. The molecule has 0 aliphatic carbocycles. The maximum atomic E-state index is 12.5. The molecule has 0 atom stereocenters. The van der Waals surface area contributed by atoms with Crippen molar-refractivity contribution in [1.29, 1.82) is 0 Å². The fraction of sp³-hybridized carbons (Fsp3) is 0. The van der Waals surface area contributed by atoms with E-state index in [-0.39, 0.29) is 0 Å². The Bertz CT molecular complexity index is 1180. The number of carbonyl (C=O) groups excluding carboxylic acids is 3. The molecule has 0 heterocycles. The molecular weight excluding hydrogens is 614 g/mol. The van der Waals surface area contributed by atoms with Gasteiger partial charge in [0, 0.05) is 0 Å². The molecule has 3 rings (SSSR count). The number of benzene rings is 3. The van der Waals surface area contributed by atoms with Gasteiger partial charge in [-0.25, -0.2) is 0 Å². The molecule has 16 heteroatoms. The van der Waals surface area contributed by atoms with Crippen LogP contribution in [0.5, 0.6) is 51.7 Å². The van der Waals surface area contributed by atoms with Crippen molar-refractivity contribution in [2.24, 2.45) is 0 Å². The van der Waals surface area contributed by atoms with Crippen molar-refractivity contribution in [3.05, 3.63) is 53.1 Å². The molecule has 15 nitrogen and oxygen atoms in total. The van der Waals surface area contributed by atoms with Crippen LogP contribution in [0.4, 0.5) is 0 Å². The van der Waals surface area contributed by atoms with Crippen LogP contribution in [-0.4, -0.2) is 85.3 Å². The molecule has 0 bridgehead atoms. The number of phenols is 9. The van der Waals surface area contributed by atoms with Gasteiger partial charge in [-0.3, -0.25) is 0 Å². The van der Waals surface area contributed by atoms with Crippen LogP contribution < -0.4 is 0 Å². The van der Waals surface area contributed by atoms with Crippen LogP contribution in [0.1, 0.15) is 31.1 Å². The molecule has 0 aliphatic rings. The Labute approximate surface area is 213 Å². The fourth-order valence-corrected chi connectivity index (χ4v) is 4.96. The molecule has 0 fully saturated rings. The summed E-state index contributed by atoms with van der Waals surface area (Å²) < 4.78 is 14.8. The molecule has 194 valence electrons. The van der Waals surface area contributed by atoms with Gasteiger partial charge in [0.15, 0.2) is 0 Å². The maximum absolute atomic E-state index is 12.5. The second-order valence-corrected chi connectivity index (χ2v) is 9.79. The predicted molar refractivity (Wildman–Crippen MR) is 116 cm³/mol. The third-order valence-corrected chi connectivity index (χ3v) is 7.08. The fourth-order valence-electron chi connectivity index (χ4n) is 2.58. The molecule has 0 aromatic heterocycles. The Balaban J connectivity index is 1.91. The van der Waals surface area contributed by atoms with Crippen molar-refractivity contribution >= 4 is 39.4 Å². The van der Waals surface area contributed by atoms with Crippen molar-refractivity contribution in [3.8, 4) is 51.7 Å². The van der Waals surface area contributed by atoms with Crippen LogP contribution in [0, 0.1) is 0 Å². The van der Waals surface area contributed by atoms with Crippen LogP contribution >= 0.6 is 0 Å². The Kier molecular flexibility index (Phi) is 7.48. The Morgan fingerprint density at radius 3 is 0.811 bits per heavy atom. The zero-order chi connectivity index (χ0) is 27.6. The summed E-state index contributed by atoms with van der Waals surface area (Å²) in [6, 6.07) is 4.03. The van der Waals surface area contributed by atoms with Crippen molar-refractivity contribution in [2.75, 3.05) is 0 Å². The molecule has 37 heavy (non-hydrogen) atoms. The zero-order valence-electron chi connectivity index (χ0n) is 17.9. The van der Waals surface area contributed by atoms with E-state index in [1.165, 1.54) is 0 Å². The summed E-state index contributed by atoms with van der Waals surface area (Å²) >= 11 is -4.82. The van der Waals surface area contributed by atoms with Crippen LogP contribution in [0.25, 0.3) is 0 Å².